The number of nitrogens with one attached hydrogen (secondary N) is 1. The standard InChI is InChI=1S/C69H113NO8/c1-3-5-7-9-11-13-15-17-19-21-23-25-27-28-29-30-31-32-33-34-35-36-37-39-41-43-45-47-49-51-53-55-57-59-65(73)70-62(61-77-69-68(76)67(75)66(74)64(60-71)78-69)63(72)58-56-54-52-50-48-46-44-42-40-38-26-24-22-20-18-16-14-12-10-8-6-4-2/h5,7,11,13,17,19,23,25,28-29,31-32,34-35,37,39-40,42-43,45,48,50,56,58,62-64,66-69,71-72,74-76H,3-4,6,8-10,12,14-16,18,20-22,24,26-27,30,33,36,38,41,44,46-47,49,51-55,57,59-61H2,1-2H3,(H,70,73)/b7-5-,13-11-,19-17-,25-23-,29-28-,32-31-,35-34-,39-37-,42-40+,45-43-,50-48+,58-56+. The zero-order valence-electron chi connectivity index (χ0n) is 49.1. The zero-order valence-corrected chi connectivity index (χ0v) is 49.1. The summed E-state index contributed by atoms with van der Waals surface area (Å²) in [6.45, 7) is 3.63. The van der Waals surface area contributed by atoms with E-state index in [0.29, 0.717) is 12.8 Å². The van der Waals surface area contributed by atoms with E-state index < -0.39 is 49.5 Å². The van der Waals surface area contributed by atoms with Crippen molar-refractivity contribution in [2.24, 2.45) is 0 Å². The second-order valence-electron chi connectivity index (χ2n) is 20.7. The number of ether oxygens (including phenoxy) is 2. The number of amides is 1. The molecule has 7 atom stereocenters. The molecule has 0 spiro atoms. The molecule has 0 bridgehead atoms. The van der Waals surface area contributed by atoms with Crippen LogP contribution in [0.4, 0.5) is 0 Å². The summed E-state index contributed by atoms with van der Waals surface area (Å²) in [5.74, 6) is -0.215. The number of aliphatic hydroxyl groups is 5. The first-order valence-corrected chi connectivity index (χ1v) is 31.1. The molecule has 442 valence electrons. The van der Waals surface area contributed by atoms with Crippen LogP contribution in [-0.4, -0.2) is 87.5 Å². The Kier molecular flexibility index (Phi) is 52.1. The lowest BCUT2D eigenvalue weighted by molar-refractivity contribution is -0.302. The molecule has 1 fully saturated rings. The second kappa shape index (κ2) is 56.3. The van der Waals surface area contributed by atoms with Gasteiger partial charge in [-0.25, -0.2) is 0 Å². The van der Waals surface area contributed by atoms with E-state index in [1.54, 1.807) is 6.08 Å². The summed E-state index contributed by atoms with van der Waals surface area (Å²) in [4.78, 5) is 13.1. The van der Waals surface area contributed by atoms with Crippen LogP contribution in [0.15, 0.2) is 146 Å². The molecule has 1 aliphatic heterocycles. The average molecular weight is 1080 g/mol. The Balaban J connectivity index is 2.27. The lowest BCUT2D eigenvalue weighted by atomic mass is 9.99. The SMILES string of the molecule is CC/C=C\C/C=C\C/C=C\C/C=C\C/C=C\C/C=C\C/C=C\C/C=C\C/C=C\CCCCCCCC(=O)NC(COC1OC(CO)C(O)C(O)C1O)C(O)/C=C/CC/C=C/CC/C=C/CCCCCCCCCCCCCC. The highest BCUT2D eigenvalue weighted by Gasteiger charge is 2.44. The number of aliphatic hydroxyl groups excluding tert-OH is 5. The summed E-state index contributed by atoms with van der Waals surface area (Å²) in [6, 6.07) is -0.851. The maximum atomic E-state index is 13.1. The molecule has 1 rings (SSSR count). The summed E-state index contributed by atoms with van der Waals surface area (Å²) in [5.41, 5.74) is 0. The predicted molar refractivity (Wildman–Crippen MR) is 331 cm³/mol. The van der Waals surface area contributed by atoms with E-state index in [0.717, 1.165) is 122 Å². The molecule has 1 aliphatic rings. The monoisotopic (exact) mass is 1080 g/mol. The molecule has 0 aromatic heterocycles. The fraction of sp³-hybridized carbons (Fsp3) is 0.638. The van der Waals surface area contributed by atoms with Gasteiger partial charge in [0.15, 0.2) is 6.29 Å². The van der Waals surface area contributed by atoms with Gasteiger partial charge in [-0.05, 0) is 116 Å². The Labute approximate surface area is 476 Å². The highest BCUT2D eigenvalue weighted by atomic mass is 16.7. The number of rotatable bonds is 51. The first-order valence-electron chi connectivity index (χ1n) is 31.1. The minimum absolute atomic E-state index is 0.215. The lowest BCUT2D eigenvalue weighted by Crippen LogP contribution is -2.60. The van der Waals surface area contributed by atoms with Gasteiger partial charge in [0, 0.05) is 6.42 Å². The topological polar surface area (TPSA) is 149 Å². The van der Waals surface area contributed by atoms with Crippen LogP contribution < -0.4 is 5.32 Å². The molecule has 0 saturated carbocycles. The number of unbranched alkanes of at least 4 members (excludes halogenated alkanes) is 19. The van der Waals surface area contributed by atoms with Crippen molar-refractivity contribution >= 4 is 5.91 Å². The Hall–Kier alpha value is -3.93. The van der Waals surface area contributed by atoms with Crippen LogP contribution in [0.3, 0.4) is 0 Å². The number of hydrogen-bond acceptors (Lipinski definition) is 8. The highest BCUT2D eigenvalue weighted by Crippen LogP contribution is 2.23. The zero-order chi connectivity index (χ0) is 56.5. The van der Waals surface area contributed by atoms with E-state index in [9.17, 15) is 30.3 Å². The molecule has 9 nitrogen and oxygen atoms in total. The molecule has 1 heterocycles. The van der Waals surface area contributed by atoms with Gasteiger partial charge < -0.3 is 40.3 Å². The van der Waals surface area contributed by atoms with Crippen molar-refractivity contribution < 1.29 is 39.8 Å². The summed E-state index contributed by atoms with van der Waals surface area (Å²) in [6.07, 6.45) is 80.6. The van der Waals surface area contributed by atoms with Crippen molar-refractivity contribution in [3.8, 4) is 0 Å². The molecule has 7 unspecified atom stereocenters. The number of carbonyl (C=O) groups is 1. The molecule has 0 aliphatic carbocycles. The third kappa shape index (κ3) is 44.9. The summed E-state index contributed by atoms with van der Waals surface area (Å²) < 4.78 is 11.3. The van der Waals surface area contributed by atoms with Gasteiger partial charge in [-0.15, -0.1) is 0 Å². The molecule has 0 radical (unpaired) electrons. The third-order valence-electron chi connectivity index (χ3n) is 13.6. The van der Waals surface area contributed by atoms with Gasteiger partial charge in [0.2, 0.25) is 5.91 Å². The fourth-order valence-corrected chi connectivity index (χ4v) is 8.77. The van der Waals surface area contributed by atoms with Crippen molar-refractivity contribution in [3.05, 3.63) is 146 Å². The van der Waals surface area contributed by atoms with E-state index in [4.69, 9.17) is 9.47 Å². The minimum Gasteiger partial charge on any atom is -0.394 e. The van der Waals surface area contributed by atoms with Gasteiger partial charge >= 0.3 is 0 Å². The summed E-state index contributed by atoms with van der Waals surface area (Å²) in [5, 5.41) is 54.6. The lowest BCUT2D eigenvalue weighted by Gasteiger charge is -2.40. The Morgan fingerprint density at radius 3 is 1.23 bits per heavy atom. The molecule has 0 aromatic carbocycles. The fourth-order valence-electron chi connectivity index (χ4n) is 8.77. The van der Waals surface area contributed by atoms with Crippen LogP contribution in [-0.2, 0) is 14.3 Å². The van der Waals surface area contributed by atoms with Gasteiger partial charge in [0.1, 0.15) is 24.4 Å². The quantitative estimate of drug-likeness (QED) is 0.0261. The van der Waals surface area contributed by atoms with Crippen molar-refractivity contribution in [1.82, 2.24) is 5.32 Å². The maximum Gasteiger partial charge on any atom is 0.220 e. The first kappa shape index (κ1) is 72.1. The van der Waals surface area contributed by atoms with Crippen molar-refractivity contribution in [3.63, 3.8) is 0 Å². The second-order valence-corrected chi connectivity index (χ2v) is 20.7. The van der Waals surface area contributed by atoms with E-state index in [1.165, 1.54) is 77.0 Å². The van der Waals surface area contributed by atoms with Gasteiger partial charge in [-0.2, -0.15) is 0 Å². The average Bonchev–Trinajstić information content (AvgIpc) is 3.45. The van der Waals surface area contributed by atoms with Crippen LogP contribution in [0.2, 0.25) is 0 Å². The molecular weight excluding hydrogens is 971 g/mol. The summed E-state index contributed by atoms with van der Waals surface area (Å²) >= 11 is 0. The molecular formula is C69H113NO8. The number of hydrogen-bond donors (Lipinski definition) is 6. The van der Waals surface area contributed by atoms with E-state index in [1.807, 2.05) is 6.08 Å². The molecule has 1 amide bonds. The van der Waals surface area contributed by atoms with Crippen LogP contribution in [0.5, 0.6) is 0 Å². The smallest absolute Gasteiger partial charge is 0.220 e. The molecule has 78 heavy (non-hydrogen) atoms. The van der Waals surface area contributed by atoms with Crippen molar-refractivity contribution in [2.75, 3.05) is 13.2 Å². The maximum absolute atomic E-state index is 13.1. The van der Waals surface area contributed by atoms with E-state index in [2.05, 4.69) is 153 Å². The van der Waals surface area contributed by atoms with Crippen LogP contribution in [0.1, 0.15) is 226 Å². The van der Waals surface area contributed by atoms with Gasteiger partial charge in [0.05, 0.1) is 25.4 Å². The van der Waals surface area contributed by atoms with Crippen LogP contribution in [0.25, 0.3) is 0 Å². The number of carbonyl (C=O) groups excluding carboxylic acids is 1. The molecule has 6 N–H and O–H groups in total. The van der Waals surface area contributed by atoms with Gasteiger partial charge in [-0.1, -0.05) is 250 Å². The van der Waals surface area contributed by atoms with Crippen molar-refractivity contribution in [2.45, 2.75) is 269 Å². The normalized spacial score (nSPS) is 19.7. The Bertz CT molecular complexity index is 1730. The minimum atomic E-state index is -1.59. The third-order valence-corrected chi connectivity index (χ3v) is 13.6. The van der Waals surface area contributed by atoms with E-state index >= 15 is 0 Å². The predicted octanol–water partition coefficient (Wildman–Crippen LogP) is 16.2. The first-order chi connectivity index (χ1) is 38.3. The van der Waals surface area contributed by atoms with Crippen LogP contribution >= 0.6 is 0 Å². The van der Waals surface area contributed by atoms with Crippen molar-refractivity contribution in [1.29, 1.82) is 0 Å². The summed E-state index contributed by atoms with van der Waals surface area (Å²) in [7, 11) is 0. The largest absolute Gasteiger partial charge is 0.394 e. The van der Waals surface area contributed by atoms with E-state index in [-0.39, 0.29) is 12.5 Å². The molecule has 0 aromatic rings. The van der Waals surface area contributed by atoms with Crippen LogP contribution in [0, 0.1) is 0 Å². The molecule has 1 saturated heterocycles. The van der Waals surface area contributed by atoms with Gasteiger partial charge in [-0.3, -0.25) is 4.79 Å². The Morgan fingerprint density at radius 1 is 0.449 bits per heavy atom. The highest BCUT2D eigenvalue weighted by molar-refractivity contribution is 5.76. The molecule has 9 heteroatoms. The van der Waals surface area contributed by atoms with Gasteiger partial charge in [0.25, 0.3) is 0 Å². The Morgan fingerprint density at radius 2 is 0.808 bits per heavy atom. The number of allylic oxidation sites excluding steroid dienone is 23.